The van der Waals surface area contributed by atoms with Crippen LogP contribution in [0.4, 0.5) is 5.82 Å². The standard InChI is InChI=1S/C8H13N5O/c1-4-5(2)12-7(9)6(11-4)8(14)13(3)10/h10H2,1-3H3,(H2,9,12). The summed E-state index contributed by atoms with van der Waals surface area (Å²) in [5, 5.41) is 0.926. The zero-order chi connectivity index (χ0) is 10.9. The van der Waals surface area contributed by atoms with Gasteiger partial charge < -0.3 is 5.73 Å². The smallest absolute Gasteiger partial charge is 0.289 e. The van der Waals surface area contributed by atoms with Gasteiger partial charge in [-0.1, -0.05) is 0 Å². The molecule has 0 unspecified atom stereocenters. The molecule has 0 fully saturated rings. The van der Waals surface area contributed by atoms with Crippen molar-refractivity contribution < 1.29 is 4.79 Å². The average Bonchev–Trinajstić information content (AvgIpc) is 2.10. The lowest BCUT2D eigenvalue weighted by molar-refractivity contribution is 0.0790. The van der Waals surface area contributed by atoms with E-state index in [0.29, 0.717) is 11.4 Å². The lowest BCUT2D eigenvalue weighted by Gasteiger charge is -2.11. The molecule has 1 rings (SSSR count). The molecule has 14 heavy (non-hydrogen) atoms. The summed E-state index contributed by atoms with van der Waals surface area (Å²) < 4.78 is 0. The molecule has 6 nitrogen and oxygen atoms in total. The Balaban J connectivity index is 3.22. The molecule has 1 amide bonds. The van der Waals surface area contributed by atoms with Crippen molar-refractivity contribution >= 4 is 11.7 Å². The summed E-state index contributed by atoms with van der Waals surface area (Å²) in [5.41, 5.74) is 7.03. The summed E-state index contributed by atoms with van der Waals surface area (Å²) in [6, 6.07) is 0. The number of hydrogen-bond donors (Lipinski definition) is 2. The Bertz CT molecular complexity index is 374. The molecule has 1 aromatic heterocycles. The Labute approximate surface area is 81.9 Å². The second-order valence-corrected chi connectivity index (χ2v) is 3.04. The van der Waals surface area contributed by atoms with Crippen molar-refractivity contribution in [3.8, 4) is 0 Å². The molecular weight excluding hydrogens is 182 g/mol. The molecule has 0 saturated carbocycles. The monoisotopic (exact) mass is 195 g/mol. The number of nitrogens with two attached hydrogens (primary N) is 2. The van der Waals surface area contributed by atoms with Gasteiger partial charge in [-0.15, -0.1) is 0 Å². The number of aromatic nitrogens is 2. The molecule has 0 spiro atoms. The second kappa shape index (κ2) is 3.59. The predicted molar refractivity (Wildman–Crippen MR) is 52.2 cm³/mol. The molecule has 76 valence electrons. The molecule has 0 aliphatic rings. The molecule has 4 N–H and O–H groups in total. The van der Waals surface area contributed by atoms with E-state index in [1.807, 2.05) is 0 Å². The SMILES string of the molecule is Cc1nc(N)c(C(=O)N(C)N)nc1C. The van der Waals surface area contributed by atoms with Crippen molar-refractivity contribution in [3.63, 3.8) is 0 Å². The minimum atomic E-state index is -0.446. The van der Waals surface area contributed by atoms with Crippen LogP contribution in [-0.2, 0) is 0 Å². The number of amides is 1. The molecule has 0 bridgehead atoms. The number of carbonyl (C=O) groups is 1. The largest absolute Gasteiger partial charge is 0.382 e. The number of hydrazine groups is 1. The molecule has 0 aliphatic carbocycles. The van der Waals surface area contributed by atoms with Crippen LogP contribution < -0.4 is 11.6 Å². The lowest BCUT2D eigenvalue weighted by Crippen LogP contribution is -2.34. The van der Waals surface area contributed by atoms with Gasteiger partial charge in [-0.25, -0.2) is 15.8 Å². The van der Waals surface area contributed by atoms with Crippen LogP contribution in [0.15, 0.2) is 0 Å². The number of hydrogen-bond acceptors (Lipinski definition) is 5. The van der Waals surface area contributed by atoms with Gasteiger partial charge in [-0.2, -0.15) is 0 Å². The van der Waals surface area contributed by atoms with Crippen LogP contribution >= 0.6 is 0 Å². The van der Waals surface area contributed by atoms with Crippen LogP contribution in [0, 0.1) is 13.8 Å². The van der Waals surface area contributed by atoms with E-state index in [-0.39, 0.29) is 11.5 Å². The van der Waals surface area contributed by atoms with E-state index in [4.69, 9.17) is 11.6 Å². The van der Waals surface area contributed by atoms with Gasteiger partial charge in [0, 0.05) is 7.05 Å². The maximum Gasteiger partial charge on any atom is 0.289 e. The van der Waals surface area contributed by atoms with Gasteiger partial charge in [0.05, 0.1) is 11.4 Å². The van der Waals surface area contributed by atoms with Gasteiger partial charge in [-0.3, -0.25) is 9.80 Å². The third-order valence-corrected chi connectivity index (χ3v) is 1.86. The Kier molecular flexibility index (Phi) is 2.66. The summed E-state index contributed by atoms with van der Waals surface area (Å²) >= 11 is 0. The quantitative estimate of drug-likeness (QED) is 0.361. The molecule has 0 saturated heterocycles. The summed E-state index contributed by atoms with van der Waals surface area (Å²) in [7, 11) is 1.43. The van der Waals surface area contributed by atoms with Crippen molar-refractivity contribution in [1.82, 2.24) is 15.0 Å². The number of carbonyl (C=O) groups excluding carboxylic acids is 1. The van der Waals surface area contributed by atoms with E-state index in [2.05, 4.69) is 9.97 Å². The van der Waals surface area contributed by atoms with E-state index in [1.54, 1.807) is 13.8 Å². The fraction of sp³-hybridized carbons (Fsp3) is 0.375. The fourth-order valence-electron chi connectivity index (χ4n) is 0.945. The van der Waals surface area contributed by atoms with Gasteiger partial charge >= 0.3 is 0 Å². The average molecular weight is 195 g/mol. The van der Waals surface area contributed by atoms with E-state index in [9.17, 15) is 4.79 Å². The molecule has 0 aliphatic heterocycles. The minimum absolute atomic E-state index is 0.0955. The van der Waals surface area contributed by atoms with Crippen molar-refractivity contribution in [2.75, 3.05) is 12.8 Å². The first-order chi connectivity index (χ1) is 6.43. The van der Waals surface area contributed by atoms with Gasteiger partial charge in [0.25, 0.3) is 5.91 Å². The Morgan fingerprint density at radius 2 is 1.79 bits per heavy atom. The highest BCUT2D eigenvalue weighted by molar-refractivity contribution is 5.95. The van der Waals surface area contributed by atoms with Crippen LogP contribution in [0.3, 0.4) is 0 Å². The van der Waals surface area contributed by atoms with Crippen molar-refractivity contribution in [2.45, 2.75) is 13.8 Å². The topological polar surface area (TPSA) is 98.1 Å². The Morgan fingerprint density at radius 3 is 2.29 bits per heavy atom. The molecule has 0 radical (unpaired) electrons. The third-order valence-electron chi connectivity index (χ3n) is 1.86. The molecule has 0 aromatic carbocycles. The number of rotatable bonds is 1. The first kappa shape index (κ1) is 10.4. The van der Waals surface area contributed by atoms with Crippen molar-refractivity contribution in [2.24, 2.45) is 5.84 Å². The van der Waals surface area contributed by atoms with E-state index < -0.39 is 5.91 Å². The van der Waals surface area contributed by atoms with Crippen molar-refractivity contribution in [1.29, 1.82) is 0 Å². The Morgan fingerprint density at radius 1 is 1.29 bits per heavy atom. The van der Waals surface area contributed by atoms with Crippen LogP contribution in [0.2, 0.25) is 0 Å². The fourth-order valence-corrected chi connectivity index (χ4v) is 0.945. The minimum Gasteiger partial charge on any atom is -0.382 e. The zero-order valence-electron chi connectivity index (χ0n) is 8.40. The molecular formula is C8H13N5O. The molecule has 1 aromatic rings. The highest BCUT2D eigenvalue weighted by atomic mass is 16.2. The normalized spacial score (nSPS) is 10.0. The number of nitrogens with zero attached hydrogens (tertiary/aromatic N) is 3. The highest BCUT2D eigenvalue weighted by Crippen LogP contribution is 2.10. The van der Waals surface area contributed by atoms with Crippen LogP contribution in [0.1, 0.15) is 21.9 Å². The molecule has 0 atom stereocenters. The predicted octanol–water partition coefficient (Wildman–Crippen LogP) is -0.379. The van der Waals surface area contributed by atoms with Crippen LogP contribution in [0.25, 0.3) is 0 Å². The van der Waals surface area contributed by atoms with Gasteiger partial charge in [-0.05, 0) is 13.8 Å². The Hall–Kier alpha value is -1.69. The summed E-state index contributed by atoms with van der Waals surface area (Å²) in [4.78, 5) is 19.5. The van der Waals surface area contributed by atoms with Gasteiger partial charge in [0.1, 0.15) is 0 Å². The number of nitrogen functional groups attached to an aromatic ring is 1. The number of aryl methyl sites for hydroxylation is 2. The van der Waals surface area contributed by atoms with E-state index in [0.717, 1.165) is 5.01 Å². The first-order valence-corrected chi connectivity index (χ1v) is 4.07. The van der Waals surface area contributed by atoms with Gasteiger partial charge in [0.15, 0.2) is 11.5 Å². The summed E-state index contributed by atoms with van der Waals surface area (Å²) in [5.74, 6) is 4.95. The van der Waals surface area contributed by atoms with Crippen molar-refractivity contribution in [3.05, 3.63) is 17.1 Å². The molecule has 1 heterocycles. The third kappa shape index (κ3) is 1.80. The second-order valence-electron chi connectivity index (χ2n) is 3.04. The summed E-state index contributed by atoms with van der Waals surface area (Å²) in [6.45, 7) is 3.54. The summed E-state index contributed by atoms with van der Waals surface area (Å²) in [6.07, 6.45) is 0. The maximum absolute atomic E-state index is 11.4. The highest BCUT2D eigenvalue weighted by Gasteiger charge is 2.16. The molecule has 6 heteroatoms. The maximum atomic E-state index is 11.4. The first-order valence-electron chi connectivity index (χ1n) is 4.07. The number of anilines is 1. The lowest BCUT2D eigenvalue weighted by atomic mass is 10.3. The van der Waals surface area contributed by atoms with Crippen LogP contribution in [-0.4, -0.2) is 27.9 Å². The van der Waals surface area contributed by atoms with E-state index in [1.165, 1.54) is 7.05 Å². The zero-order valence-corrected chi connectivity index (χ0v) is 8.40. The van der Waals surface area contributed by atoms with Crippen LogP contribution in [0.5, 0.6) is 0 Å². The van der Waals surface area contributed by atoms with Gasteiger partial charge in [0.2, 0.25) is 0 Å². The van der Waals surface area contributed by atoms with E-state index >= 15 is 0 Å².